The third-order valence-corrected chi connectivity index (χ3v) is 5.49. The minimum Gasteiger partial charge on any atom is -0.531 e. The lowest BCUT2D eigenvalue weighted by Gasteiger charge is -2.39. The van der Waals surface area contributed by atoms with Gasteiger partial charge in [0.25, 0.3) is 0 Å². The number of nitrogens with zero attached hydrogens (tertiary/aromatic N) is 1. The van der Waals surface area contributed by atoms with E-state index in [1.54, 1.807) is 6.20 Å². The van der Waals surface area contributed by atoms with Crippen LogP contribution in [-0.2, 0) is 11.2 Å². The highest BCUT2D eigenvalue weighted by molar-refractivity contribution is 6.52. The van der Waals surface area contributed by atoms with Gasteiger partial charge in [0.05, 0.1) is 11.9 Å². The number of carbonyl (C=O) groups is 1. The minimum absolute atomic E-state index is 0.216. The molecule has 122 valence electrons. The van der Waals surface area contributed by atoms with E-state index < -0.39 is 7.12 Å². The van der Waals surface area contributed by atoms with Crippen molar-refractivity contribution in [2.45, 2.75) is 38.1 Å². The lowest BCUT2D eigenvalue weighted by molar-refractivity contribution is -0.123. The van der Waals surface area contributed by atoms with Crippen molar-refractivity contribution in [1.82, 2.24) is 10.3 Å². The van der Waals surface area contributed by atoms with Crippen molar-refractivity contribution in [3.63, 3.8) is 0 Å². The number of carbonyl (C=O) groups excluding carboxylic acids is 1. The van der Waals surface area contributed by atoms with Crippen molar-refractivity contribution < 1.29 is 14.5 Å². The average Bonchev–Trinajstić information content (AvgIpc) is 3.27. The molecule has 0 aromatic carbocycles. The first-order chi connectivity index (χ1) is 11.7. The molecular formula is C18H19BN2O3. The minimum atomic E-state index is -0.919. The van der Waals surface area contributed by atoms with E-state index in [9.17, 15) is 9.82 Å². The standard InChI is InChI=1S/C18H19BN2O3/c22-18(10-4-5-10)21-12-6-11(7-12)14-8-19(23)24-16-9-20-15-3-1-2-13(15)17(14)16/h1-2,8-12,23H,3-7H2,(H,21,22). The molecule has 2 heterocycles. The molecule has 0 saturated heterocycles. The molecule has 3 aliphatic carbocycles. The van der Waals surface area contributed by atoms with Gasteiger partial charge in [0.15, 0.2) is 0 Å². The molecule has 1 aliphatic heterocycles. The van der Waals surface area contributed by atoms with Crippen molar-refractivity contribution in [3.05, 3.63) is 35.1 Å². The highest BCUT2D eigenvalue weighted by atomic mass is 16.5. The Morgan fingerprint density at radius 3 is 3.00 bits per heavy atom. The molecule has 5 nitrogen and oxygen atoms in total. The van der Waals surface area contributed by atoms with Crippen LogP contribution in [0, 0.1) is 11.8 Å². The van der Waals surface area contributed by atoms with Gasteiger partial charge in [-0.25, -0.2) is 0 Å². The van der Waals surface area contributed by atoms with E-state index in [0.29, 0.717) is 11.7 Å². The monoisotopic (exact) mass is 322 g/mol. The fourth-order valence-corrected chi connectivity index (χ4v) is 3.96. The Labute approximate surface area is 141 Å². The second-order valence-electron chi connectivity index (χ2n) is 7.24. The number of nitrogens with one attached hydrogen (secondary N) is 1. The first-order valence-corrected chi connectivity index (χ1v) is 8.74. The number of aromatic nitrogens is 1. The number of hydrogen-bond acceptors (Lipinski definition) is 4. The Morgan fingerprint density at radius 1 is 1.38 bits per heavy atom. The highest BCUT2D eigenvalue weighted by Gasteiger charge is 2.40. The molecule has 2 N–H and O–H groups in total. The maximum atomic E-state index is 11.9. The largest absolute Gasteiger partial charge is 0.552 e. The summed E-state index contributed by atoms with van der Waals surface area (Å²) in [6.45, 7) is 0. The third kappa shape index (κ3) is 2.28. The summed E-state index contributed by atoms with van der Waals surface area (Å²) in [5.74, 6) is 3.31. The van der Waals surface area contributed by atoms with Gasteiger partial charge < -0.3 is 15.0 Å². The van der Waals surface area contributed by atoms with Crippen LogP contribution in [0.5, 0.6) is 5.75 Å². The molecule has 1 aromatic rings. The molecule has 2 saturated carbocycles. The Hall–Kier alpha value is -2.08. The van der Waals surface area contributed by atoms with Crippen molar-refractivity contribution in [2.75, 3.05) is 0 Å². The van der Waals surface area contributed by atoms with Gasteiger partial charge in [-0.15, -0.1) is 0 Å². The number of hydrogen-bond donors (Lipinski definition) is 2. The van der Waals surface area contributed by atoms with Gasteiger partial charge in [-0.1, -0.05) is 12.2 Å². The van der Waals surface area contributed by atoms with Crippen LogP contribution in [0.3, 0.4) is 0 Å². The zero-order valence-corrected chi connectivity index (χ0v) is 13.4. The predicted molar refractivity (Wildman–Crippen MR) is 90.9 cm³/mol. The number of amides is 1. The SMILES string of the molecule is O=C(NC1CC(C2=CB(O)Oc3cnc4c(c32)C=CC4)C1)C1CC1. The Bertz CT molecular complexity index is 779. The normalized spacial score (nSPS) is 26.9. The summed E-state index contributed by atoms with van der Waals surface area (Å²) in [5.41, 5.74) is 4.41. The van der Waals surface area contributed by atoms with E-state index in [0.717, 1.165) is 54.5 Å². The highest BCUT2D eigenvalue weighted by Crippen LogP contribution is 2.46. The van der Waals surface area contributed by atoms with Crippen molar-refractivity contribution in [2.24, 2.45) is 11.8 Å². The summed E-state index contributed by atoms with van der Waals surface area (Å²) in [7, 11) is -0.919. The first-order valence-electron chi connectivity index (χ1n) is 8.74. The fraction of sp³-hybridized carbons (Fsp3) is 0.444. The molecule has 4 aliphatic rings. The zero-order valence-electron chi connectivity index (χ0n) is 13.4. The molecule has 0 unspecified atom stereocenters. The average molecular weight is 322 g/mol. The molecular weight excluding hydrogens is 303 g/mol. The van der Waals surface area contributed by atoms with E-state index in [4.69, 9.17) is 4.65 Å². The molecule has 1 amide bonds. The summed E-state index contributed by atoms with van der Waals surface area (Å²) in [6.07, 6.45) is 10.7. The van der Waals surface area contributed by atoms with E-state index in [-0.39, 0.29) is 17.9 Å². The molecule has 1 aromatic heterocycles. The van der Waals surface area contributed by atoms with Crippen LogP contribution in [0.15, 0.2) is 18.2 Å². The van der Waals surface area contributed by atoms with Crippen molar-refractivity contribution in [1.29, 1.82) is 0 Å². The molecule has 0 radical (unpaired) electrons. The number of fused-ring (bicyclic) bond motifs is 3. The molecule has 0 bridgehead atoms. The summed E-state index contributed by atoms with van der Waals surface area (Å²) < 4.78 is 5.55. The lowest BCUT2D eigenvalue weighted by atomic mass is 9.68. The Kier molecular flexibility index (Phi) is 3.10. The van der Waals surface area contributed by atoms with Crippen LogP contribution in [0.4, 0.5) is 0 Å². The van der Waals surface area contributed by atoms with Crippen LogP contribution < -0.4 is 9.97 Å². The number of rotatable bonds is 3. The van der Waals surface area contributed by atoms with Gasteiger partial charge in [0, 0.05) is 29.5 Å². The van der Waals surface area contributed by atoms with Crippen LogP contribution >= 0.6 is 0 Å². The van der Waals surface area contributed by atoms with Gasteiger partial charge in [0.2, 0.25) is 5.91 Å². The molecule has 6 heteroatoms. The summed E-state index contributed by atoms with van der Waals surface area (Å²) >= 11 is 0. The quantitative estimate of drug-likeness (QED) is 0.832. The molecule has 0 atom stereocenters. The van der Waals surface area contributed by atoms with E-state index >= 15 is 0 Å². The summed E-state index contributed by atoms with van der Waals surface area (Å²) in [6, 6.07) is 0.262. The third-order valence-electron chi connectivity index (χ3n) is 5.49. The summed E-state index contributed by atoms with van der Waals surface area (Å²) in [5, 5.41) is 13.2. The van der Waals surface area contributed by atoms with E-state index in [2.05, 4.69) is 22.5 Å². The zero-order chi connectivity index (χ0) is 16.3. The van der Waals surface area contributed by atoms with Crippen LogP contribution in [0.1, 0.15) is 42.5 Å². The van der Waals surface area contributed by atoms with Gasteiger partial charge in [-0.3, -0.25) is 9.78 Å². The maximum absolute atomic E-state index is 11.9. The van der Waals surface area contributed by atoms with Crippen molar-refractivity contribution >= 4 is 24.7 Å². The van der Waals surface area contributed by atoms with Crippen molar-refractivity contribution in [3.8, 4) is 5.75 Å². The van der Waals surface area contributed by atoms with Crippen LogP contribution in [0.2, 0.25) is 0 Å². The van der Waals surface area contributed by atoms with Crippen LogP contribution in [0.25, 0.3) is 11.6 Å². The lowest BCUT2D eigenvalue weighted by Crippen LogP contribution is -2.45. The maximum Gasteiger partial charge on any atom is 0.552 e. The van der Waals surface area contributed by atoms with Gasteiger partial charge >= 0.3 is 7.12 Å². The van der Waals surface area contributed by atoms with Crippen LogP contribution in [-0.4, -0.2) is 29.1 Å². The number of allylic oxidation sites excluding steroid dienone is 2. The van der Waals surface area contributed by atoms with E-state index in [1.807, 2.05) is 5.98 Å². The molecule has 24 heavy (non-hydrogen) atoms. The second-order valence-corrected chi connectivity index (χ2v) is 7.24. The predicted octanol–water partition coefficient (Wildman–Crippen LogP) is 1.75. The van der Waals surface area contributed by atoms with Gasteiger partial charge in [0.1, 0.15) is 5.75 Å². The summed E-state index contributed by atoms with van der Waals surface area (Å²) in [4.78, 5) is 16.3. The number of pyridine rings is 1. The molecule has 0 spiro atoms. The second kappa shape index (κ2) is 5.21. The fourth-order valence-electron chi connectivity index (χ4n) is 3.96. The molecule has 5 rings (SSSR count). The van der Waals surface area contributed by atoms with E-state index in [1.165, 1.54) is 0 Å². The first kappa shape index (κ1) is 14.3. The Morgan fingerprint density at radius 2 is 2.21 bits per heavy atom. The Balaban J connectivity index is 1.38. The topological polar surface area (TPSA) is 71.5 Å². The van der Waals surface area contributed by atoms with Gasteiger partial charge in [-0.2, -0.15) is 0 Å². The van der Waals surface area contributed by atoms with Gasteiger partial charge in [-0.05, 0) is 43.1 Å². The molecule has 2 fully saturated rings. The smallest absolute Gasteiger partial charge is 0.531 e.